The van der Waals surface area contributed by atoms with E-state index in [1.165, 1.54) is 0 Å². The Morgan fingerprint density at radius 2 is 1.94 bits per heavy atom. The largest absolute Gasteiger partial charge is 0.369 e. The third kappa shape index (κ3) is 5.82. The van der Waals surface area contributed by atoms with E-state index in [0.29, 0.717) is 11.9 Å². The maximum atomic E-state index is 4.45. The summed E-state index contributed by atoms with van der Waals surface area (Å²) in [6.45, 7) is 9.07. The average Bonchev–Trinajstić information content (AvgIpc) is 2.25. The number of rotatable bonds is 7. The second-order valence-corrected chi connectivity index (χ2v) is 5.22. The number of hydrogen-bond acceptors (Lipinski definition) is 5. The summed E-state index contributed by atoms with van der Waals surface area (Å²) in [5.74, 6) is 2.17. The first-order valence-corrected chi connectivity index (χ1v) is 6.45. The van der Waals surface area contributed by atoms with Gasteiger partial charge in [-0.1, -0.05) is 13.8 Å². The van der Waals surface area contributed by atoms with E-state index in [1.807, 2.05) is 13.0 Å². The van der Waals surface area contributed by atoms with Gasteiger partial charge in [0, 0.05) is 31.4 Å². The zero-order valence-electron chi connectivity index (χ0n) is 12.1. The van der Waals surface area contributed by atoms with Gasteiger partial charge in [0.2, 0.25) is 5.95 Å². The number of likely N-dealkylation sites (N-methyl/N-ethyl adjacent to an activating group) is 1. The van der Waals surface area contributed by atoms with Gasteiger partial charge in [-0.05, 0) is 26.9 Å². The van der Waals surface area contributed by atoms with Crippen molar-refractivity contribution in [1.29, 1.82) is 0 Å². The molecule has 2 N–H and O–H groups in total. The van der Waals surface area contributed by atoms with E-state index in [4.69, 9.17) is 0 Å². The first-order valence-electron chi connectivity index (χ1n) is 6.45. The highest BCUT2D eigenvalue weighted by Gasteiger charge is 2.02. The van der Waals surface area contributed by atoms with E-state index < -0.39 is 0 Å². The van der Waals surface area contributed by atoms with E-state index >= 15 is 0 Å². The van der Waals surface area contributed by atoms with Crippen molar-refractivity contribution in [2.45, 2.75) is 20.8 Å². The van der Waals surface area contributed by atoms with Crippen molar-refractivity contribution < 1.29 is 0 Å². The molecule has 5 nitrogen and oxygen atoms in total. The predicted molar refractivity (Wildman–Crippen MR) is 77.1 cm³/mol. The molecule has 1 heterocycles. The maximum absolute atomic E-state index is 4.45. The minimum absolute atomic E-state index is 0.583. The Morgan fingerprint density at radius 3 is 2.56 bits per heavy atom. The third-order valence-electron chi connectivity index (χ3n) is 2.39. The van der Waals surface area contributed by atoms with Crippen molar-refractivity contribution in [1.82, 2.24) is 14.9 Å². The molecule has 0 saturated heterocycles. The van der Waals surface area contributed by atoms with Gasteiger partial charge >= 0.3 is 0 Å². The zero-order chi connectivity index (χ0) is 13.5. The van der Waals surface area contributed by atoms with Crippen molar-refractivity contribution in [3.05, 3.63) is 11.8 Å². The smallest absolute Gasteiger partial charge is 0.224 e. The fourth-order valence-electron chi connectivity index (χ4n) is 1.44. The van der Waals surface area contributed by atoms with Gasteiger partial charge in [-0.3, -0.25) is 0 Å². The van der Waals surface area contributed by atoms with Crippen LogP contribution < -0.4 is 10.6 Å². The van der Waals surface area contributed by atoms with Gasteiger partial charge in [-0.2, -0.15) is 4.98 Å². The Morgan fingerprint density at radius 1 is 1.22 bits per heavy atom. The molecule has 0 radical (unpaired) electrons. The molecule has 0 unspecified atom stereocenters. The minimum Gasteiger partial charge on any atom is -0.369 e. The Labute approximate surface area is 110 Å². The summed E-state index contributed by atoms with van der Waals surface area (Å²) >= 11 is 0. The number of anilines is 2. The lowest BCUT2D eigenvalue weighted by atomic mass is 10.2. The van der Waals surface area contributed by atoms with Crippen molar-refractivity contribution >= 4 is 11.8 Å². The molecule has 0 aliphatic heterocycles. The fraction of sp³-hybridized carbons (Fsp3) is 0.692. The molecule has 102 valence electrons. The normalized spacial score (nSPS) is 11.1. The lowest BCUT2D eigenvalue weighted by Crippen LogP contribution is -2.21. The van der Waals surface area contributed by atoms with E-state index in [9.17, 15) is 0 Å². The van der Waals surface area contributed by atoms with Crippen molar-refractivity contribution in [3.63, 3.8) is 0 Å². The topological polar surface area (TPSA) is 53.1 Å². The quantitative estimate of drug-likeness (QED) is 0.774. The van der Waals surface area contributed by atoms with Gasteiger partial charge < -0.3 is 15.5 Å². The molecular weight excluding hydrogens is 226 g/mol. The summed E-state index contributed by atoms with van der Waals surface area (Å²) in [5, 5.41) is 6.56. The van der Waals surface area contributed by atoms with E-state index in [1.54, 1.807) is 0 Å². The molecule has 1 rings (SSSR count). The molecule has 0 atom stereocenters. The van der Waals surface area contributed by atoms with Gasteiger partial charge in [0.15, 0.2) is 0 Å². The third-order valence-corrected chi connectivity index (χ3v) is 2.39. The molecule has 1 aromatic heterocycles. The number of nitrogens with one attached hydrogen (secondary N) is 2. The van der Waals surface area contributed by atoms with Crippen LogP contribution in [0, 0.1) is 12.8 Å². The fourth-order valence-corrected chi connectivity index (χ4v) is 1.44. The predicted octanol–water partition coefficient (Wildman–Crippen LogP) is 1.83. The van der Waals surface area contributed by atoms with Crippen molar-refractivity contribution in [3.8, 4) is 0 Å². The minimum atomic E-state index is 0.583. The molecule has 18 heavy (non-hydrogen) atoms. The van der Waals surface area contributed by atoms with Gasteiger partial charge in [-0.15, -0.1) is 0 Å². The molecule has 1 aromatic rings. The van der Waals surface area contributed by atoms with E-state index in [2.05, 4.69) is 53.4 Å². The average molecular weight is 251 g/mol. The second kappa shape index (κ2) is 7.16. The monoisotopic (exact) mass is 251 g/mol. The Bertz CT molecular complexity index is 362. The van der Waals surface area contributed by atoms with E-state index in [-0.39, 0.29) is 0 Å². The zero-order valence-corrected chi connectivity index (χ0v) is 12.1. The molecule has 0 spiro atoms. The van der Waals surface area contributed by atoms with Crippen LogP contribution in [0.4, 0.5) is 11.8 Å². The van der Waals surface area contributed by atoms with Crippen LogP contribution in [0.1, 0.15) is 19.5 Å². The van der Waals surface area contributed by atoms with Crippen LogP contribution in [0.5, 0.6) is 0 Å². The lowest BCUT2D eigenvalue weighted by molar-refractivity contribution is 0.425. The molecule has 0 aliphatic carbocycles. The van der Waals surface area contributed by atoms with Crippen molar-refractivity contribution in [2.24, 2.45) is 5.92 Å². The van der Waals surface area contributed by atoms with Crippen molar-refractivity contribution in [2.75, 3.05) is 44.4 Å². The molecule has 0 aromatic carbocycles. The molecule has 0 saturated carbocycles. The molecule has 0 fully saturated rings. The highest BCUT2D eigenvalue weighted by atomic mass is 15.2. The summed E-state index contributed by atoms with van der Waals surface area (Å²) in [6.07, 6.45) is 0. The van der Waals surface area contributed by atoms with Crippen LogP contribution in [0.3, 0.4) is 0 Å². The molecular formula is C13H25N5. The second-order valence-electron chi connectivity index (χ2n) is 5.22. The SMILES string of the molecule is Cc1cc(NCCN(C)C)nc(NCC(C)C)n1. The Hall–Kier alpha value is -1.36. The summed E-state index contributed by atoms with van der Waals surface area (Å²) in [7, 11) is 4.12. The van der Waals surface area contributed by atoms with Gasteiger partial charge in [-0.25, -0.2) is 4.98 Å². The van der Waals surface area contributed by atoms with Crippen LogP contribution >= 0.6 is 0 Å². The Balaban J connectivity index is 2.57. The summed E-state index contributed by atoms with van der Waals surface area (Å²) in [6, 6.07) is 1.97. The lowest BCUT2D eigenvalue weighted by Gasteiger charge is -2.13. The van der Waals surface area contributed by atoms with Gasteiger partial charge in [0.25, 0.3) is 0 Å². The summed E-state index contributed by atoms with van der Waals surface area (Å²) in [4.78, 5) is 11.0. The highest BCUT2D eigenvalue weighted by molar-refractivity contribution is 5.42. The van der Waals surface area contributed by atoms with Crippen LogP contribution in [0.15, 0.2) is 6.07 Å². The van der Waals surface area contributed by atoms with Gasteiger partial charge in [0.1, 0.15) is 5.82 Å². The standard InChI is InChI=1S/C13H25N5/c1-10(2)9-15-13-16-11(3)8-12(17-13)14-6-7-18(4)5/h8,10H,6-7,9H2,1-5H3,(H2,14,15,16,17). The van der Waals surface area contributed by atoms with Crippen LogP contribution in [0.2, 0.25) is 0 Å². The number of aryl methyl sites for hydroxylation is 1. The van der Waals surface area contributed by atoms with Crippen LogP contribution in [0.25, 0.3) is 0 Å². The maximum Gasteiger partial charge on any atom is 0.224 e. The molecule has 5 heteroatoms. The van der Waals surface area contributed by atoms with Crippen LogP contribution in [-0.2, 0) is 0 Å². The molecule has 0 amide bonds. The van der Waals surface area contributed by atoms with Gasteiger partial charge in [0.05, 0.1) is 0 Å². The first kappa shape index (κ1) is 14.7. The molecule has 0 bridgehead atoms. The number of nitrogens with zero attached hydrogens (tertiary/aromatic N) is 3. The summed E-state index contributed by atoms with van der Waals surface area (Å²) in [5.41, 5.74) is 0.976. The number of hydrogen-bond donors (Lipinski definition) is 2. The highest BCUT2D eigenvalue weighted by Crippen LogP contribution is 2.09. The summed E-state index contributed by atoms with van der Waals surface area (Å²) < 4.78 is 0. The first-order chi connectivity index (χ1) is 8.47. The van der Waals surface area contributed by atoms with E-state index in [0.717, 1.165) is 31.1 Å². The number of aromatic nitrogens is 2. The van der Waals surface area contributed by atoms with Crippen LogP contribution in [-0.4, -0.2) is 48.6 Å². The molecule has 0 aliphatic rings. The Kier molecular flexibility index (Phi) is 5.85.